The molecule has 146 valence electrons. The molecule has 1 atom stereocenters. The second-order valence-electron chi connectivity index (χ2n) is 7.16. The van der Waals surface area contributed by atoms with E-state index < -0.39 is 0 Å². The molecule has 0 aliphatic rings. The Labute approximate surface area is 169 Å². The van der Waals surface area contributed by atoms with E-state index in [0.29, 0.717) is 29.7 Å². The summed E-state index contributed by atoms with van der Waals surface area (Å²) in [5.74, 6) is 0.660. The summed E-state index contributed by atoms with van der Waals surface area (Å²) in [5, 5.41) is 16.1. The number of nitrogens with one attached hydrogen (secondary N) is 1. The number of benzene rings is 2. The summed E-state index contributed by atoms with van der Waals surface area (Å²) in [6.07, 6.45) is 0.415. The van der Waals surface area contributed by atoms with Crippen molar-refractivity contribution in [3.63, 3.8) is 0 Å². The van der Waals surface area contributed by atoms with Gasteiger partial charge in [0.25, 0.3) is 0 Å². The molecule has 0 aliphatic carbocycles. The maximum Gasteiger partial charge on any atom is 0.223 e. The Hall–Kier alpha value is -2.73. The van der Waals surface area contributed by atoms with Gasteiger partial charge in [-0.2, -0.15) is 0 Å². The first kappa shape index (κ1) is 20.0. The second-order valence-corrected chi connectivity index (χ2v) is 7.56. The molecule has 1 unspecified atom stereocenters. The molecular formula is C21H24ClN5O. The summed E-state index contributed by atoms with van der Waals surface area (Å²) >= 11 is 6.12. The third kappa shape index (κ3) is 4.95. The van der Waals surface area contributed by atoms with E-state index in [0.717, 1.165) is 11.3 Å². The Balaban J connectivity index is 1.58. The summed E-state index contributed by atoms with van der Waals surface area (Å²) in [7, 11) is 0. The SMILES string of the molecule is CC(Cc1nnn(-c2ccc(C(C)C)cc2)n1)C(=O)NCc1ccccc1Cl. The van der Waals surface area contributed by atoms with Gasteiger partial charge in [-0.15, -0.1) is 15.0 Å². The Kier molecular flexibility index (Phi) is 6.41. The van der Waals surface area contributed by atoms with Gasteiger partial charge < -0.3 is 5.32 Å². The van der Waals surface area contributed by atoms with Crippen LogP contribution in [0, 0.1) is 5.92 Å². The molecule has 0 bridgehead atoms. The molecule has 0 aliphatic heterocycles. The van der Waals surface area contributed by atoms with E-state index in [-0.39, 0.29) is 11.8 Å². The lowest BCUT2D eigenvalue weighted by atomic mass is 10.0. The maximum atomic E-state index is 12.4. The number of halogens is 1. The molecule has 3 aromatic rings. The average molecular weight is 398 g/mol. The number of rotatable bonds is 7. The van der Waals surface area contributed by atoms with Crippen molar-refractivity contribution in [3.05, 3.63) is 70.5 Å². The summed E-state index contributed by atoms with van der Waals surface area (Å²) in [5.41, 5.74) is 2.99. The first-order chi connectivity index (χ1) is 13.4. The van der Waals surface area contributed by atoms with Gasteiger partial charge in [-0.25, -0.2) is 0 Å². The normalized spacial score (nSPS) is 12.2. The molecule has 0 radical (unpaired) electrons. The van der Waals surface area contributed by atoms with E-state index in [9.17, 15) is 4.79 Å². The van der Waals surface area contributed by atoms with E-state index in [2.05, 4.69) is 46.7 Å². The van der Waals surface area contributed by atoms with Crippen molar-refractivity contribution in [2.75, 3.05) is 0 Å². The zero-order chi connectivity index (χ0) is 20.1. The second kappa shape index (κ2) is 8.97. The largest absolute Gasteiger partial charge is 0.352 e. The van der Waals surface area contributed by atoms with Crippen LogP contribution in [-0.4, -0.2) is 26.1 Å². The Morgan fingerprint density at radius 3 is 2.50 bits per heavy atom. The maximum absolute atomic E-state index is 12.4. The minimum absolute atomic E-state index is 0.0717. The molecule has 28 heavy (non-hydrogen) atoms. The Bertz CT molecular complexity index is 936. The lowest BCUT2D eigenvalue weighted by molar-refractivity contribution is -0.124. The number of carbonyl (C=O) groups excluding carboxylic acids is 1. The Morgan fingerprint density at radius 1 is 1.11 bits per heavy atom. The molecule has 7 heteroatoms. The van der Waals surface area contributed by atoms with Gasteiger partial charge in [0, 0.05) is 23.9 Å². The van der Waals surface area contributed by atoms with Crippen molar-refractivity contribution in [2.24, 2.45) is 5.92 Å². The summed E-state index contributed by atoms with van der Waals surface area (Å²) in [4.78, 5) is 13.9. The van der Waals surface area contributed by atoms with Gasteiger partial charge in [0.05, 0.1) is 5.69 Å². The van der Waals surface area contributed by atoms with Crippen LogP contribution in [0.25, 0.3) is 5.69 Å². The van der Waals surface area contributed by atoms with E-state index >= 15 is 0 Å². The summed E-state index contributed by atoms with van der Waals surface area (Å²) < 4.78 is 0. The monoisotopic (exact) mass is 397 g/mol. The summed E-state index contributed by atoms with van der Waals surface area (Å²) in [6, 6.07) is 15.5. The predicted octanol–water partition coefficient (Wildman–Crippen LogP) is 3.93. The number of hydrogen-bond acceptors (Lipinski definition) is 4. The summed E-state index contributed by atoms with van der Waals surface area (Å²) in [6.45, 7) is 6.54. The van der Waals surface area contributed by atoms with Crippen molar-refractivity contribution < 1.29 is 4.79 Å². The smallest absolute Gasteiger partial charge is 0.223 e. The van der Waals surface area contributed by atoms with Crippen molar-refractivity contribution >= 4 is 17.5 Å². The topological polar surface area (TPSA) is 72.7 Å². The number of tetrazole rings is 1. The van der Waals surface area contributed by atoms with Crippen LogP contribution in [0.5, 0.6) is 0 Å². The molecule has 0 saturated heterocycles. The van der Waals surface area contributed by atoms with Gasteiger partial charge >= 0.3 is 0 Å². The molecule has 0 fully saturated rings. The van der Waals surface area contributed by atoms with Gasteiger partial charge in [-0.1, -0.05) is 62.7 Å². The van der Waals surface area contributed by atoms with Gasteiger partial charge in [0.15, 0.2) is 5.82 Å². The lowest BCUT2D eigenvalue weighted by Gasteiger charge is -2.11. The van der Waals surface area contributed by atoms with Crippen molar-refractivity contribution in [1.29, 1.82) is 0 Å². The minimum Gasteiger partial charge on any atom is -0.352 e. The van der Waals surface area contributed by atoms with Crippen LogP contribution < -0.4 is 5.32 Å². The van der Waals surface area contributed by atoms with Crippen molar-refractivity contribution in [1.82, 2.24) is 25.5 Å². The van der Waals surface area contributed by atoms with Crippen LogP contribution in [-0.2, 0) is 17.8 Å². The lowest BCUT2D eigenvalue weighted by Crippen LogP contribution is -2.30. The van der Waals surface area contributed by atoms with Crippen LogP contribution in [0.15, 0.2) is 48.5 Å². The van der Waals surface area contributed by atoms with Gasteiger partial charge in [-0.05, 0) is 40.5 Å². The standard InChI is InChI=1S/C21H24ClN5O/c1-14(2)16-8-10-18(11-9-16)27-25-20(24-26-27)12-15(3)21(28)23-13-17-6-4-5-7-19(17)22/h4-11,14-15H,12-13H2,1-3H3,(H,23,28). The first-order valence-corrected chi connectivity index (χ1v) is 9.72. The Morgan fingerprint density at radius 2 is 1.82 bits per heavy atom. The van der Waals surface area contributed by atoms with E-state index in [1.165, 1.54) is 10.4 Å². The van der Waals surface area contributed by atoms with E-state index in [1.54, 1.807) is 0 Å². The van der Waals surface area contributed by atoms with Crippen LogP contribution in [0.2, 0.25) is 5.02 Å². The van der Waals surface area contributed by atoms with E-state index in [1.807, 2.05) is 43.3 Å². The number of aromatic nitrogens is 4. The van der Waals surface area contributed by atoms with Crippen LogP contribution in [0.3, 0.4) is 0 Å². The molecule has 1 N–H and O–H groups in total. The molecule has 6 nitrogen and oxygen atoms in total. The zero-order valence-electron chi connectivity index (χ0n) is 16.3. The molecule has 1 heterocycles. The highest BCUT2D eigenvalue weighted by Crippen LogP contribution is 2.17. The highest BCUT2D eigenvalue weighted by Gasteiger charge is 2.17. The quantitative estimate of drug-likeness (QED) is 0.655. The fourth-order valence-electron chi connectivity index (χ4n) is 2.79. The highest BCUT2D eigenvalue weighted by molar-refractivity contribution is 6.31. The number of hydrogen-bond donors (Lipinski definition) is 1. The molecule has 2 aromatic carbocycles. The van der Waals surface area contributed by atoms with Gasteiger partial charge in [-0.3, -0.25) is 4.79 Å². The fraction of sp³-hybridized carbons (Fsp3) is 0.333. The molecular weight excluding hydrogens is 374 g/mol. The van der Waals surface area contributed by atoms with Gasteiger partial charge in [0.1, 0.15) is 0 Å². The highest BCUT2D eigenvalue weighted by atomic mass is 35.5. The van der Waals surface area contributed by atoms with Crippen LogP contribution in [0.1, 0.15) is 43.6 Å². The van der Waals surface area contributed by atoms with Crippen LogP contribution >= 0.6 is 11.6 Å². The minimum atomic E-state index is -0.275. The third-order valence-electron chi connectivity index (χ3n) is 4.59. The predicted molar refractivity (Wildman–Crippen MR) is 109 cm³/mol. The zero-order valence-corrected chi connectivity index (χ0v) is 17.0. The number of amides is 1. The third-order valence-corrected chi connectivity index (χ3v) is 4.96. The fourth-order valence-corrected chi connectivity index (χ4v) is 2.99. The molecule has 3 rings (SSSR count). The molecule has 1 amide bonds. The molecule has 1 aromatic heterocycles. The average Bonchev–Trinajstić information content (AvgIpc) is 3.15. The number of nitrogens with zero attached hydrogens (tertiary/aromatic N) is 4. The molecule has 0 spiro atoms. The van der Waals surface area contributed by atoms with Crippen molar-refractivity contribution in [3.8, 4) is 5.69 Å². The number of carbonyl (C=O) groups is 1. The van der Waals surface area contributed by atoms with E-state index in [4.69, 9.17) is 11.6 Å². The first-order valence-electron chi connectivity index (χ1n) is 9.34. The van der Waals surface area contributed by atoms with Gasteiger partial charge in [0.2, 0.25) is 5.91 Å². The van der Waals surface area contributed by atoms with Crippen molar-refractivity contribution in [2.45, 2.75) is 39.7 Å². The van der Waals surface area contributed by atoms with Crippen LogP contribution in [0.4, 0.5) is 0 Å². The molecule has 0 saturated carbocycles.